The first kappa shape index (κ1) is 37.0. The molecule has 254 valence electrons. The number of aliphatic hydroxyl groups is 1. The highest BCUT2D eigenvalue weighted by Crippen LogP contribution is 2.27. The van der Waals surface area contributed by atoms with Gasteiger partial charge < -0.3 is 25.7 Å². The molecule has 1 saturated carbocycles. The van der Waals surface area contributed by atoms with Crippen LogP contribution < -0.4 is 15.4 Å². The van der Waals surface area contributed by atoms with Gasteiger partial charge in [-0.05, 0) is 68.5 Å². The molecule has 0 spiro atoms. The fraction of sp³-hybridized carbons (Fsp3) is 0.562. The predicted octanol–water partition coefficient (Wildman–Crippen LogP) is 1.67. The monoisotopic (exact) mass is 660 g/mol. The van der Waals surface area contributed by atoms with Gasteiger partial charge in [-0.1, -0.05) is 44.2 Å². The molecule has 1 heterocycles. The summed E-state index contributed by atoms with van der Waals surface area (Å²) in [6.45, 7) is 3.99. The third kappa shape index (κ3) is 12.4. The Morgan fingerprint density at radius 2 is 1.72 bits per heavy atom. The molecule has 0 saturated heterocycles. The van der Waals surface area contributed by atoms with E-state index in [-0.39, 0.29) is 50.7 Å². The molecule has 0 bridgehead atoms. The zero-order valence-electron chi connectivity index (χ0n) is 27.1. The minimum atomic E-state index is -4.13. The van der Waals surface area contributed by atoms with Crippen LogP contribution in [-0.2, 0) is 31.1 Å². The molecule has 0 aliphatic heterocycles. The second kappa shape index (κ2) is 16.9. The van der Waals surface area contributed by atoms with E-state index < -0.39 is 45.7 Å². The molecule has 4 atom stereocenters. The highest BCUT2D eigenvalue weighted by atomic mass is 32.2. The second-order valence-corrected chi connectivity index (χ2v) is 14.8. The van der Waals surface area contributed by atoms with Crippen molar-refractivity contribution in [2.24, 2.45) is 11.3 Å². The first-order valence-corrected chi connectivity index (χ1v) is 16.9. The van der Waals surface area contributed by atoms with Gasteiger partial charge in [-0.2, -0.15) is 17.4 Å². The standard InChI is InChI=1S/C32H48N6O7S/c1-32(2,22-34-30(41)21-37(3)4)18-29(40)35-28(24-8-6-5-7-9-24)17-27(39)20-38(19-23-12-14-33-15-13-23)46(44,45)36-26-11-10-25(16-26)31(42)43/h5-9,12-15,25-28,36,39H,10-11,16-22H2,1-4H3,(H,34,41)(H,35,40)(H,42,43). The molecule has 5 N–H and O–H groups in total. The fourth-order valence-electron chi connectivity index (χ4n) is 5.51. The summed E-state index contributed by atoms with van der Waals surface area (Å²) in [6.07, 6.45) is 3.05. The summed E-state index contributed by atoms with van der Waals surface area (Å²) >= 11 is 0. The topological polar surface area (TPSA) is 181 Å². The number of hydrogen-bond donors (Lipinski definition) is 5. The molecule has 4 unspecified atom stereocenters. The number of carboxylic acid groups (broad SMARTS) is 1. The van der Waals surface area contributed by atoms with E-state index in [4.69, 9.17) is 0 Å². The maximum atomic E-state index is 13.6. The molecule has 1 aliphatic rings. The van der Waals surface area contributed by atoms with E-state index in [1.165, 1.54) is 0 Å². The Hall–Kier alpha value is -3.43. The van der Waals surface area contributed by atoms with Gasteiger partial charge in [0, 0.05) is 44.5 Å². The van der Waals surface area contributed by atoms with Crippen molar-refractivity contribution in [2.45, 2.75) is 70.7 Å². The number of carbonyl (C=O) groups excluding carboxylic acids is 2. The van der Waals surface area contributed by atoms with Gasteiger partial charge in [0.05, 0.1) is 24.6 Å². The SMILES string of the molecule is CN(C)CC(=O)NCC(C)(C)CC(=O)NC(CC(O)CN(Cc1ccncc1)S(=O)(=O)NC1CCC(C(=O)O)C1)c1ccccc1. The quantitative estimate of drug-likeness (QED) is 0.159. The van der Waals surface area contributed by atoms with Crippen LogP contribution in [0.3, 0.4) is 0 Å². The van der Waals surface area contributed by atoms with Crippen LogP contribution in [0.1, 0.15) is 63.1 Å². The van der Waals surface area contributed by atoms with Crippen LogP contribution in [0.5, 0.6) is 0 Å². The predicted molar refractivity (Wildman–Crippen MR) is 173 cm³/mol. The van der Waals surface area contributed by atoms with E-state index in [0.717, 1.165) is 9.87 Å². The number of rotatable bonds is 18. The Balaban J connectivity index is 1.72. The van der Waals surface area contributed by atoms with Crippen molar-refractivity contribution in [2.75, 3.05) is 33.7 Å². The van der Waals surface area contributed by atoms with E-state index in [1.807, 2.05) is 44.2 Å². The largest absolute Gasteiger partial charge is 0.481 e. The van der Waals surface area contributed by atoms with Crippen molar-refractivity contribution in [3.8, 4) is 0 Å². The third-order valence-corrected chi connectivity index (χ3v) is 9.46. The summed E-state index contributed by atoms with van der Waals surface area (Å²) in [5, 5.41) is 26.5. The Kier molecular flexibility index (Phi) is 13.6. The molecule has 1 fully saturated rings. The summed E-state index contributed by atoms with van der Waals surface area (Å²) in [5.41, 5.74) is 0.863. The maximum absolute atomic E-state index is 13.6. The lowest BCUT2D eigenvalue weighted by Crippen LogP contribution is -2.47. The van der Waals surface area contributed by atoms with Gasteiger partial charge in [0.2, 0.25) is 11.8 Å². The van der Waals surface area contributed by atoms with Crippen molar-refractivity contribution in [3.63, 3.8) is 0 Å². The molecule has 1 aliphatic carbocycles. The minimum Gasteiger partial charge on any atom is -0.481 e. The van der Waals surface area contributed by atoms with Crippen LogP contribution in [0.4, 0.5) is 0 Å². The van der Waals surface area contributed by atoms with Crippen LogP contribution in [0.15, 0.2) is 54.9 Å². The van der Waals surface area contributed by atoms with Gasteiger partial charge in [0.25, 0.3) is 10.2 Å². The maximum Gasteiger partial charge on any atom is 0.306 e. The number of benzene rings is 1. The lowest BCUT2D eigenvalue weighted by Gasteiger charge is -2.30. The van der Waals surface area contributed by atoms with E-state index in [0.29, 0.717) is 24.9 Å². The number of likely N-dealkylation sites (N-methyl/N-ethyl adjacent to an activating group) is 1. The zero-order chi connectivity index (χ0) is 33.9. The number of aromatic nitrogens is 1. The minimum absolute atomic E-state index is 0.0304. The summed E-state index contributed by atoms with van der Waals surface area (Å²) in [4.78, 5) is 42.6. The fourth-order valence-corrected chi connectivity index (χ4v) is 6.98. The van der Waals surface area contributed by atoms with E-state index in [2.05, 4.69) is 20.3 Å². The van der Waals surface area contributed by atoms with Crippen LogP contribution in [-0.4, -0.2) is 96.5 Å². The molecular formula is C32H48N6O7S. The van der Waals surface area contributed by atoms with Gasteiger partial charge in [0.15, 0.2) is 0 Å². The molecule has 14 heteroatoms. The average Bonchev–Trinajstić information content (AvgIpc) is 3.44. The first-order valence-electron chi connectivity index (χ1n) is 15.5. The lowest BCUT2D eigenvalue weighted by molar-refractivity contribution is -0.141. The van der Waals surface area contributed by atoms with Crippen molar-refractivity contribution < 1.29 is 33.0 Å². The molecule has 2 amide bonds. The van der Waals surface area contributed by atoms with E-state index in [1.54, 1.807) is 43.5 Å². The van der Waals surface area contributed by atoms with Crippen molar-refractivity contribution in [1.82, 2.24) is 29.5 Å². The Bertz CT molecular complexity index is 1390. The van der Waals surface area contributed by atoms with Crippen LogP contribution in [0.25, 0.3) is 0 Å². The Labute approximate surface area is 272 Å². The molecule has 13 nitrogen and oxygen atoms in total. The molecule has 3 rings (SSSR count). The average molecular weight is 661 g/mol. The van der Waals surface area contributed by atoms with Gasteiger partial charge in [-0.25, -0.2) is 0 Å². The number of hydrogen-bond acceptors (Lipinski definition) is 8. The summed E-state index contributed by atoms with van der Waals surface area (Å²) in [5.74, 6) is -1.97. The number of amides is 2. The van der Waals surface area contributed by atoms with Gasteiger partial charge >= 0.3 is 5.97 Å². The van der Waals surface area contributed by atoms with E-state index >= 15 is 0 Å². The molecular weight excluding hydrogens is 612 g/mol. The highest BCUT2D eigenvalue weighted by Gasteiger charge is 2.35. The second-order valence-electron chi connectivity index (χ2n) is 13.1. The summed E-state index contributed by atoms with van der Waals surface area (Å²) < 4.78 is 31.0. The molecule has 1 aromatic heterocycles. The number of nitrogens with zero attached hydrogens (tertiary/aromatic N) is 3. The zero-order valence-corrected chi connectivity index (χ0v) is 27.9. The smallest absolute Gasteiger partial charge is 0.306 e. The van der Waals surface area contributed by atoms with Crippen LogP contribution in [0, 0.1) is 11.3 Å². The Morgan fingerprint density at radius 1 is 1.04 bits per heavy atom. The number of carbonyl (C=O) groups is 3. The Morgan fingerprint density at radius 3 is 2.33 bits per heavy atom. The lowest BCUT2D eigenvalue weighted by atomic mass is 9.88. The molecule has 1 aromatic carbocycles. The van der Waals surface area contributed by atoms with Gasteiger partial charge in [-0.15, -0.1) is 0 Å². The van der Waals surface area contributed by atoms with Gasteiger partial charge in [-0.3, -0.25) is 19.4 Å². The molecule has 0 radical (unpaired) electrons. The summed E-state index contributed by atoms with van der Waals surface area (Å²) in [6, 6.07) is 11.4. The highest BCUT2D eigenvalue weighted by molar-refractivity contribution is 7.87. The molecule has 46 heavy (non-hydrogen) atoms. The number of aliphatic carboxylic acids is 1. The van der Waals surface area contributed by atoms with Crippen molar-refractivity contribution in [3.05, 3.63) is 66.0 Å². The number of nitrogens with one attached hydrogen (secondary N) is 3. The molecule has 2 aromatic rings. The van der Waals surface area contributed by atoms with Crippen molar-refractivity contribution in [1.29, 1.82) is 0 Å². The van der Waals surface area contributed by atoms with E-state index in [9.17, 15) is 33.0 Å². The van der Waals surface area contributed by atoms with Crippen molar-refractivity contribution >= 4 is 28.0 Å². The number of pyridine rings is 1. The summed E-state index contributed by atoms with van der Waals surface area (Å²) in [7, 11) is -0.535. The van der Waals surface area contributed by atoms with Crippen LogP contribution in [0.2, 0.25) is 0 Å². The normalized spacial score (nSPS) is 18.3. The first-order chi connectivity index (χ1) is 21.6. The van der Waals surface area contributed by atoms with Crippen LogP contribution >= 0.6 is 0 Å². The number of aliphatic hydroxyl groups excluding tert-OH is 1. The van der Waals surface area contributed by atoms with Gasteiger partial charge in [0.1, 0.15) is 0 Å². The third-order valence-electron chi connectivity index (χ3n) is 7.87. The number of carboxylic acids is 1.